The first kappa shape index (κ1) is 11.1. The van der Waals surface area contributed by atoms with Crippen molar-refractivity contribution in [1.29, 1.82) is 0 Å². The van der Waals surface area contributed by atoms with E-state index < -0.39 is 0 Å². The molecule has 0 spiro atoms. The summed E-state index contributed by atoms with van der Waals surface area (Å²) >= 11 is 0. The van der Waals surface area contributed by atoms with E-state index in [9.17, 15) is 5.11 Å². The van der Waals surface area contributed by atoms with Crippen LogP contribution in [0.1, 0.15) is 55.7 Å². The molecule has 92 valence electrons. The third-order valence-electron chi connectivity index (χ3n) is 4.23. The highest BCUT2D eigenvalue weighted by molar-refractivity contribution is 5.38. The largest absolute Gasteiger partial charge is 0.508 e. The summed E-state index contributed by atoms with van der Waals surface area (Å²) in [5, 5.41) is 13.4. The van der Waals surface area contributed by atoms with Crippen molar-refractivity contribution in [3.8, 4) is 5.75 Å². The molecular formula is C15H21NO. The van der Waals surface area contributed by atoms with E-state index in [2.05, 4.69) is 11.4 Å². The predicted octanol–water partition coefficient (Wildman–Crippen LogP) is 3.30. The first-order valence-corrected chi connectivity index (χ1v) is 6.91. The lowest BCUT2D eigenvalue weighted by Crippen LogP contribution is -2.32. The molecule has 0 radical (unpaired) electrons. The zero-order valence-corrected chi connectivity index (χ0v) is 10.3. The predicted molar refractivity (Wildman–Crippen MR) is 69.2 cm³/mol. The molecule has 0 saturated heterocycles. The van der Waals surface area contributed by atoms with Gasteiger partial charge in [0.05, 0.1) is 0 Å². The van der Waals surface area contributed by atoms with Gasteiger partial charge < -0.3 is 10.4 Å². The van der Waals surface area contributed by atoms with E-state index in [4.69, 9.17) is 0 Å². The number of phenols is 1. The topological polar surface area (TPSA) is 32.3 Å². The van der Waals surface area contributed by atoms with Gasteiger partial charge >= 0.3 is 0 Å². The molecule has 0 aliphatic heterocycles. The Hall–Kier alpha value is -1.02. The van der Waals surface area contributed by atoms with Gasteiger partial charge in [-0.3, -0.25) is 0 Å². The number of aromatic hydroxyl groups is 1. The number of aryl methyl sites for hydroxylation is 1. The Morgan fingerprint density at radius 1 is 1.06 bits per heavy atom. The number of benzene rings is 1. The van der Waals surface area contributed by atoms with Gasteiger partial charge in [0.25, 0.3) is 0 Å². The average Bonchev–Trinajstić information content (AvgIpc) is 2.82. The molecule has 1 atom stereocenters. The Balaban J connectivity index is 1.78. The minimum atomic E-state index is 0.408. The smallest absolute Gasteiger partial charge is 0.115 e. The average molecular weight is 231 g/mol. The van der Waals surface area contributed by atoms with Crippen molar-refractivity contribution in [2.75, 3.05) is 0 Å². The van der Waals surface area contributed by atoms with Crippen LogP contribution in [0.4, 0.5) is 0 Å². The summed E-state index contributed by atoms with van der Waals surface area (Å²) in [5.41, 5.74) is 2.76. The quantitative estimate of drug-likeness (QED) is 0.818. The van der Waals surface area contributed by atoms with Gasteiger partial charge in [0, 0.05) is 12.1 Å². The van der Waals surface area contributed by atoms with E-state index in [1.807, 2.05) is 12.1 Å². The molecule has 1 saturated carbocycles. The molecule has 0 aromatic heterocycles. The van der Waals surface area contributed by atoms with Crippen LogP contribution in [0.2, 0.25) is 0 Å². The van der Waals surface area contributed by atoms with E-state index in [1.54, 1.807) is 0 Å². The van der Waals surface area contributed by atoms with Gasteiger partial charge in [-0.2, -0.15) is 0 Å². The van der Waals surface area contributed by atoms with Crippen molar-refractivity contribution in [3.63, 3.8) is 0 Å². The minimum Gasteiger partial charge on any atom is -0.508 e. The molecule has 0 amide bonds. The van der Waals surface area contributed by atoms with E-state index >= 15 is 0 Å². The van der Waals surface area contributed by atoms with Crippen LogP contribution >= 0.6 is 0 Å². The minimum absolute atomic E-state index is 0.408. The Labute approximate surface area is 103 Å². The summed E-state index contributed by atoms with van der Waals surface area (Å²) in [6, 6.07) is 7.11. The first-order chi connectivity index (χ1) is 8.33. The van der Waals surface area contributed by atoms with Crippen LogP contribution < -0.4 is 5.32 Å². The molecule has 2 aliphatic carbocycles. The van der Waals surface area contributed by atoms with E-state index in [0.717, 1.165) is 12.5 Å². The summed E-state index contributed by atoms with van der Waals surface area (Å²) in [6.07, 6.45) is 9.04. The van der Waals surface area contributed by atoms with Crippen molar-refractivity contribution in [1.82, 2.24) is 5.32 Å². The van der Waals surface area contributed by atoms with Crippen LogP contribution in [0.5, 0.6) is 5.75 Å². The fourth-order valence-corrected chi connectivity index (χ4v) is 3.35. The van der Waals surface area contributed by atoms with Gasteiger partial charge in [-0.1, -0.05) is 18.9 Å². The van der Waals surface area contributed by atoms with Gasteiger partial charge in [-0.25, -0.2) is 0 Å². The van der Waals surface area contributed by atoms with Crippen molar-refractivity contribution < 1.29 is 5.11 Å². The number of phenolic OH excluding ortho intramolecular Hbond substituents is 1. The van der Waals surface area contributed by atoms with Gasteiger partial charge in [0.2, 0.25) is 0 Å². The van der Waals surface area contributed by atoms with Crippen LogP contribution in [0, 0.1) is 0 Å². The van der Waals surface area contributed by atoms with Crippen molar-refractivity contribution in [2.24, 2.45) is 0 Å². The lowest BCUT2D eigenvalue weighted by atomic mass is 9.87. The molecule has 2 nitrogen and oxygen atoms in total. The third kappa shape index (κ3) is 2.32. The van der Waals surface area contributed by atoms with Gasteiger partial charge in [-0.15, -0.1) is 0 Å². The number of fused-ring (bicyclic) bond motifs is 1. The van der Waals surface area contributed by atoms with Gasteiger partial charge in [0.1, 0.15) is 5.75 Å². The number of hydrogen-bond acceptors (Lipinski definition) is 2. The zero-order valence-electron chi connectivity index (χ0n) is 10.3. The van der Waals surface area contributed by atoms with Crippen molar-refractivity contribution >= 4 is 0 Å². The van der Waals surface area contributed by atoms with Crippen molar-refractivity contribution in [3.05, 3.63) is 29.3 Å². The Morgan fingerprint density at radius 2 is 1.88 bits per heavy atom. The molecular weight excluding hydrogens is 210 g/mol. The summed E-state index contributed by atoms with van der Waals surface area (Å²) in [5.74, 6) is 0.408. The second kappa shape index (κ2) is 4.69. The maximum atomic E-state index is 9.54. The molecule has 0 heterocycles. The van der Waals surface area contributed by atoms with Crippen LogP contribution in [-0.2, 0) is 6.42 Å². The highest BCUT2D eigenvalue weighted by atomic mass is 16.3. The summed E-state index contributed by atoms with van der Waals surface area (Å²) in [4.78, 5) is 0. The monoisotopic (exact) mass is 231 g/mol. The Kier molecular flexibility index (Phi) is 3.06. The second-order valence-electron chi connectivity index (χ2n) is 5.48. The van der Waals surface area contributed by atoms with Crippen LogP contribution in [-0.4, -0.2) is 11.1 Å². The first-order valence-electron chi connectivity index (χ1n) is 6.91. The Bertz CT molecular complexity index is 396. The van der Waals surface area contributed by atoms with Gasteiger partial charge in [-0.05, 0) is 55.4 Å². The third-order valence-corrected chi connectivity index (χ3v) is 4.23. The molecule has 2 heteroatoms. The normalized spacial score (nSPS) is 24.8. The molecule has 1 aromatic rings. The molecule has 2 N–H and O–H groups in total. The fraction of sp³-hybridized carbons (Fsp3) is 0.600. The lowest BCUT2D eigenvalue weighted by molar-refractivity contribution is 0.395. The molecule has 1 unspecified atom stereocenters. The molecule has 17 heavy (non-hydrogen) atoms. The molecule has 1 aromatic carbocycles. The summed E-state index contributed by atoms with van der Waals surface area (Å²) in [6.45, 7) is 0. The lowest BCUT2D eigenvalue weighted by Gasteiger charge is -2.29. The highest BCUT2D eigenvalue weighted by Gasteiger charge is 2.24. The molecule has 3 rings (SSSR count). The summed E-state index contributed by atoms with van der Waals surface area (Å²) in [7, 11) is 0. The molecule has 0 bridgehead atoms. The van der Waals surface area contributed by atoms with E-state index in [1.165, 1.54) is 49.7 Å². The zero-order chi connectivity index (χ0) is 11.7. The highest BCUT2D eigenvalue weighted by Crippen LogP contribution is 2.33. The van der Waals surface area contributed by atoms with E-state index in [-0.39, 0.29) is 0 Å². The van der Waals surface area contributed by atoms with Crippen LogP contribution in [0.15, 0.2) is 18.2 Å². The van der Waals surface area contributed by atoms with E-state index in [0.29, 0.717) is 11.8 Å². The maximum Gasteiger partial charge on any atom is 0.115 e. The van der Waals surface area contributed by atoms with Crippen LogP contribution in [0.25, 0.3) is 0 Å². The number of rotatable bonds is 2. The SMILES string of the molecule is Oc1ccc2c(c1)CCCC2NC1CCCC1. The summed E-state index contributed by atoms with van der Waals surface area (Å²) < 4.78 is 0. The molecule has 1 fully saturated rings. The fourth-order valence-electron chi connectivity index (χ4n) is 3.35. The van der Waals surface area contributed by atoms with Gasteiger partial charge in [0.15, 0.2) is 0 Å². The second-order valence-corrected chi connectivity index (χ2v) is 5.48. The Morgan fingerprint density at radius 3 is 2.71 bits per heavy atom. The van der Waals surface area contributed by atoms with Crippen LogP contribution in [0.3, 0.4) is 0 Å². The number of hydrogen-bond donors (Lipinski definition) is 2. The number of nitrogens with one attached hydrogen (secondary N) is 1. The van der Waals surface area contributed by atoms with Crippen molar-refractivity contribution in [2.45, 2.75) is 57.0 Å². The maximum absolute atomic E-state index is 9.54. The standard InChI is InChI=1S/C15H21NO/c17-13-8-9-14-11(10-13)4-3-7-15(14)16-12-5-1-2-6-12/h8-10,12,15-17H,1-7H2. The molecule has 2 aliphatic rings.